The Morgan fingerprint density at radius 1 is 1.18 bits per heavy atom. The van der Waals surface area contributed by atoms with Crippen LogP contribution in [0, 0.1) is 11.3 Å². The standard InChI is InChI=1S/C20H24O2/c1-20-10-9-15(21)12-14(20)4-6-18-17-7-5-16(22-2)11-13(17)3-8-19(18)20/h5,7,11-12,18-19H,3-4,6,8-10H2,1-2H3/t18-,19+,20+/m1/s1. The van der Waals surface area contributed by atoms with Gasteiger partial charge in [0, 0.05) is 6.42 Å². The molecule has 1 fully saturated rings. The lowest BCUT2D eigenvalue weighted by atomic mass is 9.52. The fourth-order valence-corrected chi connectivity index (χ4v) is 5.20. The molecule has 1 aromatic carbocycles. The molecule has 1 aromatic rings. The van der Waals surface area contributed by atoms with E-state index in [2.05, 4.69) is 25.1 Å². The molecule has 0 unspecified atom stereocenters. The highest BCUT2D eigenvalue weighted by Gasteiger charge is 2.48. The average Bonchev–Trinajstić information content (AvgIpc) is 2.54. The van der Waals surface area contributed by atoms with Crippen LogP contribution in [0.2, 0.25) is 0 Å². The predicted molar refractivity (Wildman–Crippen MR) is 87.2 cm³/mol. The second kappa shape index (κ2) is 4.97. The topological polar surface area (TPSA) is 26.3 Å². The molecule has 0 aliphatic heterocycles. The van der Waals surface area contributed by atoms with Crippen molar-refractivity contribution in [3.63, 3.8) is 0 Å². The van der Waals surface area contributed by atoms with Crippen LogP contribution in [0.5, 0.6) is 5.75 Å². The molecule has 4 rings (SSSR count). The fraction of sp³-hybridized carbons (Fsp3) is 0.550. The van der Waals surface area contributed by atoms with Crippen molar-refractivity contribution in [1.29, 1.82) is 0 Å². The van der Waals surface area contributed by atoms with E-state index in [1.807, 2.05) is 6.08 Å². The van der Waals surface area contributed by atoms with Gasteiger partial charge in [0.05, 0.1) is 7.11 Å². The van der Waals surface area contributed by atoms with Crippen LogP contribution >= 0.6 is 0 Å². The highest BCUT2D eigenvalue weighted by atomic mass is 16.5. The number of fused-ring (bicyclic) bond motifs is 5. The number of carbonyl (C=O) groups excluding carboxylic acids is 1. The lowest BCUT2D eigenvalue weighted by Crippen LogP contribution is -2.42. The van der Waals surface area contributed by atoms with Gasteiger partial charge in [0.15, 0.2) is 5.78 Å². The molecule has 0 bridgehead atoms. The van der Waals surface area contributed by atoms with Crippen LogP contribution in [-0.2, 0) is 11.2 Å². The number of allylic oxidation sites excluding steroid dienone is 2. The van der Waals surface area contributed by atoms with E-state index >= 15 is 0 Å². The van der Waals surface area contributed by atoms with Crippen LogP contribution in [0.4, 0.5) is 0 Å². The molecule has 2 heteroatoms. The van der Waals surface area contributed by atoms with Gasteiger partial charge in [-0.3, -0.25) is 4.79 Å². The predicted octanol–water partition coefficient (Wildman–Crippen LogP) is 4.43. The van der Waals surface area contributed by atoms with Crippen molar-refractivity contribution in [2.24, 2.45) is 11.3 Å². The van der Waals surface area contributed by atoms with Gasteiger partial charge < -0.3 is 4.74 Å². The molecule has 0 radical (unpaired) electrons. The van der Waals surface area contributed by atoms with Gasteiger partial charge in [-0.1, -0.05) is 18.6 Å². The van der Waals surface area contributed by atoms with Gasteiger partial charge in [0.2, 0.25) is 0 Å². The van der Waals surface area contributed by atoms with Crippen molar-refractivity contribution in [3.8, 4) is 5.75 Å². The normalized spacial score (nSPS) is 33.4. The van der Waals surface area contributed by atoms with E-state index in [-0.39, 0.29) is 5.41 Å². The molecule has 0 saturated heterocycles. The van der Waals surface area contributed by atoms with Gasteiger partial charge in [-0.05, 0) is 78.7 Å². The van der Waals surface area contributed by atoms with Crippen LogP contribution in [-0.4, -0.2) is 12.9 Å². The molecule has 2 nitrogen and oxygen atoms in total. The zero-order valence-corrected chi connectivity index (χ0v) is 13.5. The molecule has 0 N–H and O–H groups in total. The Hall–Kier alpha value is -1.57. The van der Waals surface area contributed by atoms with E-state index in [0.717, 1.165) is 31.4 Å². The molecule has 3 aliphatic rings. The lowest BCUT2D eigenvalue weighted by Gasteiger charge is -2.52. The molecule has 3 atom stereocenters. The summed E-state index contributed by atoms with van der Waals surface area (Å²) in [6, 6.07) is 6.62. The van der Waals surface area contributed by atoms with Gasteiger partial charge >= 0.3 is 0 Å². The van der Waals surface area contributed by atoms with E-state index in [1.165, 1.54) is 29.5 Å². The van der Waals surface area contributed by atoms with Crippen molar-refractivity contribution >= 4 is 5.78 Å². The summed E-state index contributed by atoms with van der Waals surface area (Å²) in [4.78, 5) is 11.8. The molecule has 0 amide bonds. The minimum atomic E-state index is 0.244. The third kappa shape index (κ3) is 1.96. The monoisotopic (exact) mass is 296 g/mol. The number of methoxy groups -OCH3 is 1. The van der Waals surface area contributed by atoms with Crippen molar-refractivity contribution < 1.29 is 9.53 Å². The van der Waals surface area contributed by atoms with Gasteiger partial charge in [0.25, 0.3) is 0 Å². The van der Waals surface area contributed by atoms with Gasteiger partial charge in [-0.15, -0.1) is 0 Å². The van der Waals surface area contributed by atoms with Crippen molar-refractivity contribution in [2.75, 3.05) is 7.11 Å². The zero-order chi connectivity index (χ0) is 15.3. The Morgan fingerprint density at radius 3 is 2.86 bits per heavy atom. The number of hydrogen-bond acceptors (Lipinski definition) is 2. The highest BCUT2D eigenvalue weighted by molar-refractivity contribution is 5.91. The van der Waals surface area contributed by atoms with E-state index in [9.17, 15) is 4.79 Å². The summed E-state index contributed by atoms with van der Waals surface area (Å²) >= 11 is 0. The maximum absolute atomic E-state index is 11.8. The maximum atomic E-state index is 11.8. The summed E-state index contributed by atoms with van der Waals surface area (Å²) in [5.41, 5.74) is 4.69. The molecule has 3 aliphatic carbocycles. The van der Waals surface area contributed by atoms with Crippen LogP contribution in [0.15, 0.2) is 29.8 Å². The summed E-state index contributed by atoms with van der Waals surface area (Å²) in [7, 11) is 1.74. The summed E-state index contributed by atoms with van der Waals surface area (Å²) in [5.74, 6) is 2.67. The smallest absolute Gasteiger partial charge is 0.155 e. The first-order chi connectivity index (χ1) is 10.6. The number of hydrogen-bond donors (Lipinski definition) is 0. The third-order valence-corrected chi connectivity index (χ3v) is 6.46. The van der Waals surface area contributed by atoms with E-state index in [1.54, 1.807) is 7.11 Å². The Kier molecular flexibility index (Phi) is 3.18. The SMILES string of the molecule is COc1ccc2c(c1)CC[C@H]1[C@@H]2CCC2=CC(=O)CC[C@@]21C. The van der Waals surface area contributed by atoms with E-state index in [4.69, 9.17) is 4.74 Å². The molecular weight excluding hydrogens is 272 g/mol. The Bertz CT molecular complexity index is 658. The molecular formula is C20H24O2. The summed E-state index contributed by atoms with van der Waals surface area (Å²) in [5, 5.41) is 0. The molecule has 1 saturated carbocycles. The minimum Gasteiger partial charge on any atom is -0.497 e. The van der Waals surface area contributed by atoms with Gasteiger partial charge in [-0.2, -0.15) is 0 Å². The molecule has 22 heavy (non-hydrogen) atoms. The van der Waals surface area contributed by atoms with Gasteiger partial charge in [0.1, 0.15) is 5.75 Å². The number of rotatable bonds is 1. The van der Waals surface area contributed by atoms with Crippen molar-refractivity contribution in [3.05, 3.63) is 41.0 Å². The first-order valence-corrected chi connectivity index (χ1v) is 8.52. The molecule has 116 valence electrons. The Morgan fingerprint density at radius 2 is 2.05 bits per heavy atom. The summed E-state index contributed by atoms with van der Waals surface area (Å²) < 4.78 is 5.39. The second-order valence-corrected chi connectivity index (χ2v) is 7.41. The highest BCUT2D eigenvalue weighted by Crippen LogP contribution is 2.59. The molecule has 0 heterocycles. The first-order valence-electron chi connectivity index (χ1n) is 8.52. The first kappa shape index (κ1) is 14.0. The maximum Gasteiger partial charge on any atom is 0.155 e. The molecule has 0 aromatic heterocycles. The third-order valence-electron chi connectivity index (χ3n) is 6.46. The summed E-state index contributed by atoms with van der Waals surface area (Å²) in [6.07, 6.45) is 8.43. The lowest BCUT2D eigenvalue weighted by molar-refractivity contribution is -0.116. The zero-order valence-electron chi connectivity index (χ0n) is 13.5. The number of benzene rings is 1. The number of ether oxygens (including phenoxy) is 1. The van der Waals surface area contributed by atoms with Crippen LogP contribution in [0.1, 0.15) is 56.1 Å². The number of carbonyl (C=O) groups is 1. The number of aryl methyl sites for hydroxylation is 1. The average molecular weight is 296 g/mol. The Balaban J connectivity index is 1.73. The van der Waals surface area contributed by atoms with Gasteiger partial charge in [-0.25, -0.2) is 0 Å². The van der Waals surface area contributed by atoms with Crippen LogP contribution in [0.25, 0.3) is 0 Å². The van der Waals surface area contributed by atoms with Crippen LogP contribution < -0.4 is 4.74 Å². The summed E-state index contributed by atoms with van der Waals surface area (Å²) in [6.45, 7) is 2.41. The molecule has 0 spiro atoms. The van der Waals surface area contributed by atoms with Crippen molar-refractivity contribution in [1.82, 2.24) is 0 Å². The van der Waals surface area contributed by atoms with Crippen molar-refractivity contribution in [2.45, 2.75) is 51.4 Å². The fourth-order valence-electron chi connectivity index (χ4n) is 5.20. The van der Waals surface area contributed by atoms with E-state index < -0.39 is 0 Å². The largest absolute Gasteiger partial charge is 0.497 e. The van der Waals surface area contributed by atoms with E-state index in [0.29, 0.717) is 17.6 Å². The quantitative estimate of drug-likeness (QED) is 0.766. The minimum absolute atomic E-state index is 0.244. The number of ketones is 1. The second-order valence-electron chi connectivity index (χ2n) is 7.41. The van der Waals surface area contributed by atoms with Crippen LogP contribution in [0.3, 0.4) is 0 Å². The Labute approximate surface area is 132 Å².